The van der Waals surface area contributed by atoms with Gasteiger partial charge in [0.15, 0.2) is 0 Å². The maximum absolute atomic E-state index is 13.8. The van der Waals surface area contributed by atoms with Crippen molar-refractivity contribution in [1.29, 1.82) is 0 Å². The fourth-order valence-electron chi connectivity index (χ4n) is 1.12. The second-order valence-corrected chi connectivity index (χ2v) is 4.71. The Bertz CT molecular complexity index is 503. The van der Waals surface area contributed by atoms with Crippen LogP contribution in [0, 0.1) is 0 Å². The molecule has 0 fully saturated rings. The third-order valence-electron chi connectivity index (χ3n) is 2.19. The van der Waals surface area contributed by atoms with Crippen LogP contribution in [0.2, 0.25) is 0 Å². The van der Waals surface area contributed by atoms with Crippen LogP contribution in [-0.2, 0) is 10.6 Å². The van der Waals surface area contributed by atoms with E-state index in [0.29, 0.717) is 0 Å². The summed E-state index contributed by atoms with van der Waals surface area (Å²) in [6, 6.07) is 0.976. The SMILES string of the molecule is FC(F)(F)C(F)(OC(F)(F)C(F)(F)C(F)(F)F)c1cccs1. The lowest BCUT2D eigenvalue weighted by molar-refractivity contribution is -0.487. The highest BCUT2D eigenvalue weighted by atomic mass is 32.1. The summed E-state index contributed by atoms with van der Waals surface area (Å²) in [6.45, 7) is 0. The molecule has 1 unspecified atom stereocenters. The van der Waals surface area contributed by atoms with Gasteiger partial charge in [0.25, 0.3) is 0 Å². The van der Waals surface area contributed by atoms with E-state index in [9.17, 15) is 48.3 Å². The van der Waals surface area contributed by atoms with Crippen LogP contribution in [0.15, 0.2) is 17.5 Å². The maximum Gasteiger partial charge on any atom is 0.462 e. The van der Waals surface area contributed by atoms with Gasteiger partial charge < -0.3 is 0 Å². The van der Waals surface area contributed by atoms with Crippen LogP contribution in [0.3, 0.4) is 0 Å². The van der Waals surface area contributed by atoms with Crippen molar-refractivity contribution in [3.05, 3.63) is 22.4 Å². The van der Waals surface area contributed by atoms with E-state index in [-0.39, 0.29) is 17.4 Å². The van der Waals surface area contributed by atoms with Gasteiger partial charge in [0, 0.05) is 0 Å². The first-order valence-corrected chi connectivity index (χ1v) is 5.76. The van der Waals surface area contributed by atoms with Crippen LogP contribution in [0.5, 0.6) is 0 Å². The fraction of sp³-hybridized carbons (Fsp3) is 0.556. The molecule has 128 valence electrons. The number of ether oxygens (including phenoxy) is 1. The molecule has 0 spiro atoms. The highest BCUT2D eigenvalue weighted by Crippen LogP contribution is 2.54. The minimum absolute atomic E-state index is 0.164. The van der Waals surface area contributed by atoms with Gasteiger partial charge in [0.1, 0.15) is 0 Å². The average Bonchev–Trinajstić information content (AvgIpc) is 2.78. The number of rotatable bonds is 4. The van der Waals surface area contributed by atoms with Crippen LogP contribution < -0.4 is 0 Å². The van der Waals surface area contributed by atoms with E-state index in [4.69, 9.17) is 0 Å². The molecule has 0 aliphatic rings. The van der Waals surface area contributed by atoms with E-state index in [1.54, 1.807) is 0 Å². The molecule has 1 heterocycles. The third kappa shape index (κ3) is 3.00. The minimum atomic E-state index is -7.04. The van der Waals surface area contributed by atoms with Crippen molar-refractivity contribution in [3.8, 4) is 0 Å². The number of hydrogen-bond acceptors (Lipinski definition) is 2. The van der Waals surface area contributed by atoms with Crippen LogP contribution in [0.1, 0.15) is 4.88 Å². The zero-order valence-corrected chi connectivity index (χ0v) is 10.5. The predicted molar refractivity (Wildman–Crippen MR) is 50.2 cm³/mol. The van der Waals surface area contributed by atoms with Gasteiger partial charge in [-0.05, 0) is 11.4 Å². The van der Waals surface area contributed by atoms with Crippen LogP contribution >= 0.6 is 11.3 Å². The second kappa shape index (κ2) is 5.22. The number of halogens is 11. The smallest absolute Gasteiger partial charge is 0.265 e. The van der Waals surface area contributed by atoms with E-state index < -0.39 is 35.1 Å². The van der Waals surface area contributed by atoms with Crippen molar-refractivity contribution in [1.82, 2.24) is 0 Å². The Balaban J connectivity index is 3.33. The molecule has 0 bridgehead atoms. The average molecular weight is 368 g/mol. The Morgan fingerprint density at radius 3 is 1.59 bits per heavy atom. The second-order valence-electron chi connectivity index (χ2n) is 3.76. The van der Waals surface area contributed by atoms with Crippen molar-refractivity contribution < 1.29 is 53.0 Å². The lowest BCUT2D eigenvalue weighted by atomic mass is 10.2. The quantitative estimate of drug-likeness (QED) is 0.661. The van der Waals surface area contributed by atoms with Gasteiger partial charge in [-0.15, -0.1) is 11.3 Å². The van der Waals surface area contributed by atoms with Gasteiger partial charge in [-0.2, -0.15) is 48.3 Å². The topological polar surface area (TPSA) is 9.23 Å². The zero-order valence-electron chi connectivity index (χ0n) is 9.71. The zero-order chi connectivity index (χ0) is 17.6. The predicted octanol–water partition coefficient (Wildman–Crippen LogP) is 5.24. The number of hydrogen-bond donors (Lipinski definition) is 0. The molecule has 0 aliphatic heterocycles. The molecule has 1 aromatic rings. The highest BCUT2D eigenvalue weighted by Gasteiger charge is 2.78. The minimum Gasteiger partial charge on any atom is -0.265 e. The van der Waals surface area contributed by atoms with Crippen molar-refractivity contribution in [2.24, 2.45) is 0 Å². The summed E-state index contributed by atoms with van der Waals surface area (Å²) in [5.41, 5.74) is 0. The lowest BCUT2D eigenvalue weighted by Gasteiger charge is -2.34. The summed E-state index contributed by atoms with van der Waals surface area (Å²) < 4.78 is 140. The first-order chi connectivity index (χ1) is 9.56. The molecular weight excluding hydrogens is 365 g/mol. The van der Waals surface area contributed by atoms with E-state index in [1.165, 1.54) is 0 Å². The summed E-state index contributed by atoms with van der Waals surface area (Å²) in [6.07, 6.45) is -20.1. The summed E-state index contributed by atoms with van der Waals surface area (Å²) in [4.78, 5) is -1.67. The van der Waals surface area contributed by atoms with Gasteiger partial charge in [-0.3, -0.25) is 4.74 Å². The monoisotopic (exact) mass is 368 g/mol. The molecule has 0 N–H and O–H groups in total. The number of alkyl halides is 11. The molecule has 0 aliphatic carbocycles. The molecule has 1 aromatic heterocycles. The molecule has 13 heteroatoms. The van der Waals surface area contributed by atoms with Crippen LogP contribution in [0.25, 0.3) is 0 Å². The molecule has 1 rings (SSSR count). The summed E-state index contributed by atoms with van der Waals surface area (Å²) >= 11 is -0.164. The van der Waals surface area contributed by atoms with Crippen molar-refractivity contribution in [3.63, 3.8) is 0 Å². The van der Waals surface area contributed by atoms with Gasteiger partial charge in [0.05, 0.1) is 4.88 Å². The summed E-state index contributed by atoms with van der Waals surface area (Å²) in [5.74, 6) is -12.6. The molecule has 0 radical (unpaired) electrons. The molecular formula is C9H3F11OS. The normalized spacial score (nSPS) is 17.4. The largest absolute Gasteiger partial charge is 0.462 e. The van der Waals surface area contributed by atoms with E-state index in [0.717, 1.165) is 11.4 Å². The maximum atomic E-state index is 13.8. The van der Waals surface area contributed by atoms with Crippen molar-refractivity contribution >= 4 is 11.3 Å². The van der Waals surface area contributed by atoms with Gasteiger partial charge in [-0.1, -0.05) is 6.07 Å². The Morgan fingerprint density at radius 2 is 1.27 bits per heavy atom. The van der Waals surface area contributed by atoms with E-state index >= 15 is 0 Å². The van der Waals surface area contributed by atoms with E-state index in [1.807, 2.05) is 0 Å². The standard InChI is InChI=1S/C9H3F11OS/c10-5(7(13,14)15,4-2-1-3-22-4)21-9(19,20)6(11,12)8(16,17)18/h1-3H. The Morgan fingerprint density at radius 1 is 0.773 bits per heavy atom. The first-order valence-electron chi connectivity index (χ1n) is 4.88. The molecule has 0 saturated heterocycles. The molecule has 1 nitrogen and oxygen atoms in total. The highest BCUT2D eigenvalue weighted by molar-refractivity contribution is 7.10. The van der Waals surface area contributed by atoms with Crippen molar-refractivity contribution in [2.75, 3.05) is 0 Å². The first kappa shape index (κ1) is 18.9. The fourth-order valence-corrected chi connectivity index (χ4v) is 1.88. The third-order valence-corrected chi connectivity index (χ3v) is 3.14. The van der Waals surface area contributed by atoms with Crippen molar-refractivity contribution in [2.45, 2.75) is 30.2 Å². The van der Waals surface area contributed by atoms with Gasteiger partial charge in [-0.25, -0.2) is 0 Å². The molecule has 0 aromatic carbocycles. The van der Waals surface area contributed by atoms with Gasteiger partial charge in [0.2, 0.25) is 0 Å². The Kier molecular flexibility index (Phi) is 4.49. The molecule has 0 saturated carbocycles. The van der Waals surface area contributed by atoms with E-state index in [2.05, 4.69) is 4.74 Å². The lowest BCUT2D eigenvalue weighted by Crippen LogP contribution is -2.58. The van der Waals surface area contributed by atoms with Gasteiger partial charge >= 0.3 is 30.2 Å². The van der Waals surface area contributed by atoms with Crippen LogP contribution in [0.4, 0.5) is 48.3 Å². The number of thiophene rings is 1. The summed E-state index contributed by atoms with van der Waals surface area (Å²) in [5, 5.41) is 0.749. The molecule has 0 amide bonds. The Labute approximate surface area is 118 Å². The summed E-state index contributed by atoms with van der Waals surface area (Å²) in [7, 11) is 0. The Hall–Kier alpha value is -1.11. The molecule has 1 atom stereocenters. The molecule has 22 heavy (non-hydrogen) atoms. The van der Waals surface area contributed by atoms with Crippen LogP contribution in [-0.4, -0.2) is 24.4 Å².